The van der Waals surface area contributed by atoms with Crippen LogP contribution in [0.1, 0.15) is 25.6 Å². The van der Waals surface area contributed by atoms with E-state index in [0.29, 0.717) is 31.3 Å². The van der Waals surface area contributed by atoms with E-state index in [1.165, 1.54) is 0 Å². The van der Waals surface area contributed by atoms with Crippen LogP contribution < -0.4 is 5.69 Å². The van der Waals surface area contributed by atoms with Crippen molar-refractivity contribution >= 4 is 0 Å². The monoisotopic (exact) mass is 222 g/mol. The Hall–Kier alpha value is -1.85. The largest absolute Gasteiger partial charge is 0.423 e. The minimum atomic E-state index is -0.0567. The molecule has 0 saturated heterocycles. The highest BCUT2D eigenvalue weighted by Gasteiger charge is 2.07. The van der Waals surface area contributed by atoms with E-state index in [-0.39, 0.29) is 5.69 Å². The summed E-state index contributed by atoms with van der Waals surface area (Å²) >= 11 is 0. The molecule has 0 aliphatic heterocycles. The van der Waals surface area contributed by atoms with E-state index in [1.54, 1.807) is 21.5 Å². The lowest BCUT2D eigenvalue weighted by Crippen LogP contribution is -2.23. The van der Waals surface area contributed by atoms with E-state index in [0.717, 1.165) is 0 Å². The van der Waals surface area contributed by atoms with E-state index < -0.39 is 0 Å². The standard InChI is InChI=1S/C10H14N4O2/c1-3-8-11-12-9(16-8)7-14-6-5-13(4-2)10(14)15/h5-6H,3-4,7H2,1-2H3. The van der Waals surface area contributed by atoms with Crippen LogP contribution >= 0.6 is 0 Å². The summed E-state index contributed by atoms with van der Waals surface area (Å²) < 4.78 is 8.52. The lowest BCUT2D eigenvalue weighted by Gasteiger charge is -1.96. The van der Waals surface area contributed by atoms with Gasteiger partial charge in [0.1, 0.15) is 6.54 Å². The quantitative estimate of drug-likeness (QED) is 0.762. The number of rotatable bonds is 4. The van der Waals surface area contributed by atoms with Crippen LogP contribution in [0.2, 0.25) is 0 Å². The zero-order chi connectivity index (χ0) is 11.5. The third kappa shape index (κ3) is 1.91. The molecule has 0 unspecified atom stereocenters. The third-order valence-corrected chi connectivity index (χ3v) is 2.38. The molecule has 6 nitrogen and oxygen atoms in total. The minimum Gasteiger partial charge on any atom is -0.423 e. The van der Waals surface area contributed by atoms with Crippen LogP contribution in [-0.2, 0) is 19.5 Å². The maximum Gasteiger partial charge on any atom is 0.328 e. The topological polar surface area (TPSA) is 65.8 Å². The Morgan fingerprint density at radius 3 is 2.44 bits per heavy atom. The fraction of sp³-hybridized carbons (Fsp3) is 0.500. The van der Waals surface area contributed by atoms with E-state index in [2.05, 4.69) is 10.2 Å². The highest BCUT2D eigenvalue weighted by Crippen LogP contribution is 2.01. The second-order valence-corrected chi connectivity index (χ2v) is 3.44. The van der Waals surface area contributed by atoms with Gasteiger partial charge in [-0.15, -0.1) is 10.2 Å². The number of hydrogen-bond donors (Lipinski definition) is 0. The first-order valence-electron chi connectivity index (χ1n) is 5.31. The van der Waals surface area contributed by atoms with E-state index in [4.69, 9.17) is 4.42 Å². The van der Waals surface area contributed by atoms with Crippen LogP contribution in [0.5, 0.6) is 0 Å². The summed E-state index contributed by atoms with van der Waals surface area (Å²) in [5.41, 5.74) is -0.0567. The molecule has 0 amide bonds. The number of aryl methyl sites for hydroxylation is 2. The van der Waals surface area contributed by atoms with Crippen molar-refractivity contribution in [2.24, 2.45) is 0 Å². The Morgan fingerprint density at radius 2 is 1.88 bits per heavy atom. The predicted octanol–water partition coefficient (Wildman–Crippen LogP) is 0.663. The van der Waals surface area contributed by atoms with Gasteiger partial charge in [0.15, 0.2) is 0 Å². The summed E-state index contributed by atoms with van der Waals surface area (Å²) in [7, 11) is 0. The molecule has 0 N–H and O–H groups in total. The van der Waals surface area contributed by atoms with Crippen LogP contribution in [0.3, 0.4) is 0 Å². The summed E-state index contributed by atoms with van der Waals surface area (Å²) in [6.45, 7) is 4.86. The normalized spacial score (nSPS) is 10.9. The molecule has 0 saturated carbocycles. The van der Waals surface area contributed by atoms with Gasteiger partial charge in [0.25, 0.3) is 0 Å². The molecule has 0 aliphatic carbocycles. The van der Waals surface area contributed by atoms with E-state index in [1.807, 2.05) is 13.8 Å². The zero-order valence-corrected chi connectivity index (χ0v) is 9.38. The molecule has 2 aromatic rings. The van der Waals surface area contributed by atoms with Crippen molar-refractivity contribution in [3.05, 3.63) is 34.7 Å². The van der Waals surface area contributed by atoms with Crippen molar-refractivity contribution in [1.29, 1.82) is 0 Å². The Kier molecular flexibility index (Phi) is 2.89. The summed E-state index contributed by atoms with van der Waals surface area (Å²) in [5.74, 6) is 1.06. The highest BCUT2D eigenvalue weighted by atomic mass is 16.4. The molecule has 16 heavy (non-hydrogen) atoms. The second kappa shape index (κ2) is 4.34. The van der Waals surface area contributed by atoms with Gasteiger partial charge in [-0.1, -0.05) is 6.92 Å². The molecule has 0 spiro atoms. The second-order valence-electron chi connectivity index (χ2n) is 3.44. The zero-order valence-electron chi connectivity index (χ0n) is 9.38. The number of imidazole rings is 1. The Bertz CT molecular complexity index is 523. The fourth-order valence-electron chi connectivity index (χ4n) is 1.46. The summed E-state index contributed by atoms with van der Waals surface area (Å²) in [5, 5.41) is 7.72. The van der Waals surface area contributed by atoms with Crippen molar-refractivity contribution in [3.63, 3.8) is 0 Å². The molecular weight excluding hydrogens is 208 g/mol. The maximum atomic E-state index is 11.7. The average molecular weight is 222 g/mol. The van der Waals surface area contributed by atoms with Gasteiger partial charge in [0.2, 0.25) is 11.8 Å². The molecule has 0 aliphatic rings. The van der Waals surface area contributed by atoms with Crippen molar-refractivity contribution in [1.82, 2.24) is 19.3 Å². The molecule has 0 bridgehead atoms. The molecule has 6 heteroatoms. The van der Waals surface area contributed by atoms with Gasteiger partial charge in [-0.2, -0.15) is 0 Å². The van der Waals surface area contributed by atoms with E-state index >= 15 is 0 Å². The van der Waals surface area contributed by atoms with Crippen molar-refractivity contribution in [2.75, 3.05) is 0 Å². The fourth-order valence-corrected chi connectivity index (χ4v) is 1.46. The van der Waals surface area contributed by atoms with Gasteiger partial charge in [0.05, 0.1) is 0 Å². The Labute approximate surface area is 92.5 Å². The van der Waals surface area contributed by atoms with Gasteiger partial charge in [-0.3, -0.25) is 9.13 Å². The molecule has 2 rings (SSSR count). The smallest absolute Gasteiger partial charge is 0.328 e. The summed E-state index contributed by atoms with van der Waals surface area (Å²) in [6.07, 6.45) is 4.18. The van der Waals surface area contributed by atoms with Gasteiger partial charge >= 0.3 is 5.69 Å². The molecular formula is C10H14N4O2. The van der Waals surface area contributed by atoms with Gasteiger partial charge in [-0.05, 0) is 6.92 Å². The van der Waals surface area contributed by atoms with Crippen LogP contribution in [0.15, 0.2) is 21.6 Å². The maximum absolute atomic E-state index is 11.7. The first-order valence-corrected chi connectivity index (χ1v) is 5.31. The average Bonchev–Trinajstić information content (AvgIpc) is 2.88. The van der Waals surface area contributed by atoms with Crippen LogP contribution in [0.25, 0.3) is 0 Å². The number of nitrogens with zero attached hydrogens (tertiary/aromatic N) is 4. The Balaban J connectivity index is 2.20. The van der Waals surface area contributed by atoms with Crippen molar-refractivity contribution < 1.29 is 4.42 Å². The molecule has 0 radical (unpaired) electrons. The highest BCUT2D eigenvalue weighted by molar-refractivity contribution is 4.88. The Morgan fingerprint density at radius 1 is 1.19 bits per heavy atom. The lowest BCUT2D eigenvalue weighted by atomic mass is 10.5. The predicted molar refractivity (Wildman–Crippen MR) is 57.1 cm³/mol. The molecule has 2 heterocycles. The third-order valence-electron chi connectivity index (χ3n) is 2.38. The SMILES string of the molecule is CCc1nnc(Cn2ccn(CC)c2=O)o1. The van der Waals surface area contributed by atoms with E-state index in [9.17, 15) is 4.79 Å². The molecule has 86 valence electrons. The summed E-state index contributed by atoms with van der Waals surface area (Å²) in [4.78, 5) is 11.7. The lowest BCUT2D eigenvalue weighted by molar-refractivity contribution is 0.438. The van der Waals surface area contributed by atoms with Crippen molar-refractivity contribution in [3.8, 4) is 0 Å². The first-order chi connectivity index (χ1) is 7.74. The molecule has 2 aromatic heterocycles. The van der Waals surface area contributed by atoms with Crippen LogP contribution in [0, 0.1) is 0 Å². The van der Waals surface area contributed by atoms with Crippen molar-refractivity contribution in [2.45, 2.75) is 33.4 Å². The number of hydrogen-bond acceptors (Lipinski definition) is 4. The van der Waals surface area contributed by atoms with Crippen LogP contribution in [-0.4, -0.2) is 19.3 Å². The minimum absolute atomic E-state index is 0.0567. The van der Waals surface area contributed by atoms with Gasteiger partial charge < -0.3 is 4.42 Å². The van der Waals surface area contributed by atoms with Gasteiger partial charge in [0, 0.05) is 25.4 Å². The number of aromatic nitrogens is 4. The first kappa shape index (κ1) is 10.7. The molecule has 0 fully saturated rings. The van der Waals surface area contributed by atoms with Crippen LogP contribution in [0.4, 0.5) is 0 Å². The molecule has 0 aromatic carbocycles. The van der Waals surface area contributed by atoms with Gasteiger partial charge in [-0.25, -0.2) is 4.79 Å². The summed E-state index contributed by atoms with van der Waals surface area (Å²) in [6, 6.07) is 0. The molecule has 0 atom stereocenters.